The van der Waals surface area contributed by atoms with E-state index in [9.17, 15) is 14.4 Å². The lowest BCUT2D eigenvalue weighted by atomic mass is 9.94. The summed E-state index contributed by atoms with van der Waals surface area (Å²) < 4.78 is 0. The largest absolute Gasteiger partial charge is 0.333 e. The molecule has 1 aromatic rings. The fourth-order valence-corrected chi connectivity index (χ4v) is 2.67. The Morgan fingerprint density at radius 1 is 1.21 bits per heavy atom. The van der Waals surface area contributed by atoms with Gasteiger partial charge in [-0.1, -0.05) is 50.6 Å². The van der Waals surface area contributed by atoms with Gasteiger partial charge in [-0.25, -0.2) is 4.79 Å². The Balaban J connectivity index is 2.57. The Bertz CT molecular complexity index is 669. The minimum atomic E-state index is -0.695. The highest BCUT2D eigenvalue weighted by atomic mass is 16.7. The van der Waals surface area contributed by atoms with E-state index < -0.39 is 17.9 Å². The zero-order valence-electron chi connectivity index (χ0n) is 14.4. The Hall–Kier alpha value is -2.63. The van der Waals surface area contributed by atoms with E-state index in [1.54, 1.807) is 18.3 Å². The van der Waals surface area contributed by atoms with Crippen molar-refractivity contribution >= 4 is 23.5 Å². The van der Waals surface area contributed by atoms with E-state index in [0.717, 1.165) is 5.06 Å². The van der Waals surface area contributed by atoms with Crippen molar-refractivity contribution in [2.24, 2.45) is 5.92 Å². The van der Waals surface area contributed by atoms with E-state index in [2.05, 4.69) is 0 Å². The van der Waals surface area contributed by atoms with Crippen LogP contribution in [-0.2, 0) is 19.2 Å². The highest BCUT2D eigenvalue weighted by molar-refractivity contribution is 5.96. The summed E-state index contributed by atoms with van der Waals surface area (Å²) in [7, 11) is 0. The number of hydroxylamine groups is 2. The van der Waals surface area contributed by atoms with Gasteiger partial charge in [-0.2, -0.15) is 0 Å². The van der Waals surface area contributed by atoms with Gasteiger partial charge in [-0.3, -0.25) is 9.59 Å². The van der Waals surface area contributed by atoms with Crippen LogP contribution in [-0.4, -0.2) is 33.8 Å². The molecule has 0 saturated heterocycles. The van der Waals surface area contributed by atoms with Crippen molar-refractivity contribution in [1.29, 1.82) is 0 Å². The molecular formula is C18H22N2O4. The van der Waals surface area contributed by atoms with Crippen LogP contribution < -0.4 is 0 Å². The molecule has 0 unspecified atom stereocenters. The van der Waals surface area contributed by atoms with Crippen molar-refractivity contribution in [2.45, 2.75) is 40.2 Å². The van der Waals surface area contributed by atoms with E-state index in [0.29, 0.717) is 17.7 Å². The van der Waals surface area contributed by atoms with Crippen molar-refractivity contribution in [3.63, 3.8) is 0 Å². The first kappa shape index (κ1) is 17.7. The zero-order valence-corrected chi connectivity index (χ0v) is 14.4. The number of benzene rings is 1. The first-order chi connectivity index (χ1) is 11.4. The van der Waals surface area contributed by atoms with Gasteiger partial charge in [0.15, 0.2) is 0 Å². The summed E-state index contributed by atoms with van der Waals surface area (Å²) in [5.74, 6) is -1.32. The van der Waals surface area contributed by atoms with Crippen molar-refractivity contribution in [2.75, 3.05) is 0 Å². The van der Waals surface area contributed by atoms with Crippen LogP contribution in [0.25, 0.3) is 5.70 Å². The molecule has 128 valence electrons. The second-order valence-electron chi connectivity index (χ2n) is 5.85. The maximum atomic E-state index is 13.0. The summed E-state index contributed by atoms with van der Waals surface area (Å²) in [5.41, 5.74) is 1.05. The van der Waals surface area contributed by atoms with Gasteiger partial charge in [-0.05, 0) is 5.92 Å². The predicted octanol–water partition coefficient (Wildman–Crippen LogP) is 2.57. The molecule has 2 rings (SSSR count). The Labute approximate surface area is 141 Å². The third-order valence-electron chi connectivity index (χ3n) is 4.07. The Kier molecular flexibility index (Phi) is 5.39. The molecule has 1 aliphatic heterocycles. The van der Waals surface area contributed by atoms with Gasteiger partial charge in [-0.15, -0.1) is 5.06 Å². The molecule has 0 saturated carbocycles. The number of carbonyl (C=O) groups is 3. The molecule has 1 heterocycles. The topological polar surface area (TPSA) is 66.9 Å². The lowest BCUT2D eigenvalue weighted by Gasteiger charge is -2.39. The fraction of sp³-hybridized carbons (Fsp3) is 0.389. The van der Waals surface area contributed by atoms with Gasteiger partial charge in [0.2, 0.25) is 5.91 Å². The zero-order chi connectivity index (χ0) is 17.9. The maximum absolute atomic E-state index is 13.0. The summed E-state index contributed by atoms with van der Waals surface area (Å²) >= 11 is 0. The third kappa shape index (κ3) is 3.48. The lowest BCUT2D eigenvalue weighted by Crippen LogP contribution is -2.54. The first-order valence-corrected chi connectivity index (χ1v) is 7.95. The average Bonchev–Trinajstić information content (AvgIpc) is 2.55. The Morgan fingerprint density at radius 3 is 2.33 bits per heavy atom. The van der Waals surface area contributed by atoms with Crippen molar-refractivity contribution in [1.82, 2.24) is 9.96 Å². The van der Waals surface area contributed by atoms with Crippen LogP contribution in [0.5, 0.6) is 0 Å². The number of carbonyl (C=O) groups excluding carboxylic acids is 3. The van der Waals surface area contributed by atoms with Gasteiger partial charge in [0, 0.05) is 25.6 Å². The molecular weight excluding hydrogens is 308 g/mol. The summed E-state index contributed by atoms with van der Waals surface area (Å²) in [6, 6.07) is 8.35. The van der Waals surface area contributed by atoms with Crippen molar-refractivity contribution in [3.05, 3.63) is 42.1 Å². The molecule has 0 spiro atoms. The van der Waals surface area contributed by atoms with Crippen LogP contribution in [0.2, 0.25) is 0 Å². The number of hydrogen-bond donors (Lipinski definition) is 0. The van der Waals surface area contributed by atoms with Crippen LogP contribution in [0.1, 0.15) is 39.7 Å². The van der Waals surface area contributed by atoms with Gasteiger partial charge >= 0.3 is 5.97 Å². The SMILES string of the molecule is CC[C@H](C)[C@H]1C(=O)N(OC(C)=O)C(c2ccccc2)=CN1C(C)=O. The maximum Gasteiger partial charge on any atom is 0.330 e. The standard InChI is InChI=1S/C18H22N2O4/c1-5-12(2)17-18(23)20(24-14(4)22)16(11-19(17)13(3)21)15-9-7-6-8-10-15/h6-12,17H,5H2,1-4H3/t12-,17-/m0/s1. The second-order valence-corrected chi connectivity index (χ2v) is 5.85. The molecule has 0 radical (unpaired) electrons. The second kappa shape index (κ2) is 7.29. The molecule has 2 atom stereocenters. The normalized spacial score (nSPS) is 18.9. The summed E-state index contributed by atoms with van der Waals surface area (Å²) in [5, 5.41) is 1.01. The third-order valence-corrected chi connectivity index (χ3v) is 4.07. The summed E-state index contributed by atoms with van der Waals surface area (Å²) in [4.78, 5) is 43.1. The molecule has 6 nitrogen and oxygen atoms in total. The van der Waals surface area contributed by atoms with Crippen LogP contribution >= 0.6 is 0 Å². The number of nitrogens with zero attached hydrogens (tertiary/aromatic N) is 2. The Morgan fingerprint density at radius 2 is 1.83 bits per heavy atom. The quantitative estimate of drug-likeness (QED) is 0.851. The molecule has 0 aromatic heterocycles. The van der Waals surface area contributed by atoms with Crippen molar-refractivity contribution < 1.29 is 19.2 Å². The first-order valence-electron chi connectivity index (χ1n) is 7.95. The summed E-state index contributed by atoms with van der Waals surface area (Å²) in [6.45, 7) is 6.50. The average molecular weight is 330 g/mol. The lowest BCUT2D eigenvalue weighted by molar-refractivity contribution is -0.188. The monoisotopic (exact) mass is 330 g/mol. The summed E-state index contributed by atoms with van der Waals surface area (Å²) in [6.07, 6.45) is 2.29. The minimum absolute atomic E-state index is 0.0759. The minimum Gasteiger partial charge on any atom is -0.333 e. The smallest absolute Gasteiger partial charge is 0.330 e. The van der Waals surface area contributed by atoms with Crippen LogP contribution in [0.4, 0.5) is 0 Å². The van der Waals surface area contributed by atoms with E-state index in [1.807, 2.05) is 32.0 Å². The van der Waals surface area contributed by atoms with Gasteiger partial charge < -0.3 is 9.74 Å². The van der Waals surface area contributed by atoms with Crippen LogP contribution in [0.15, 0.2) is 36.5 Å². The molecule has 6 heteroatoms. The van der Waals surface area contributed by atoms with E-state index in [-0.39, 0.29) is 11.8 Å². The van der Waals surface area contributed by atoms with E-state index in [1.165, 1.54) is 18.7 Å². The molecule has 0 aliphatic carbocycles. The molecule has 1 aliphatic rings. The molecule has 0 N–H and O–H groups in total. The van der Waals surface area contributed by atoms with E-state index in [4.69, 9.17) is 4.84 Å². The van der Waals surface area contributed by atoms with Gasteiger partial charge in [0.25, 0.3) is 5.91 Å². The predicted molar refractivity (Wildman–Crippen MR) is 88.8 cm³/mol. The number of amides is 2. The molecule has 0 bridgehead atoms. The molecule has 1 aromatic carbocycles. The van der Waals surface area contributed by atoms with E-state index >= 15 is 0 Å². The van der Waals surface area contributed by atoms with Gasteiger partial charge in [0.05, 0.1) is 0 Å². The van der Waals surface area contributed by atoms with Crippen LogP contribution in [0.3, 0.4) is 0 Å². The molecule has 0 fully saturated rings. The fourth-order valence-electron chi connectivity index (χ4n) is 2.67. The number of hydrogen-bond acceptors (Lipinski definition) is 4. The molecule has 2 amide bonds. The van der Waals surface area contributed by atoms with Gasteiger partial charge in [0.1, 0.15) is 11.7 Å². The molecule has 24 heavy (non-hydrogen) atoms. The van der Waals surface area contributed by atoms with Crippen molar-refractivity contribution in [3.8, 4) is 0 Å². The highest BCUT2D eigenvalue weighted by Crippen LogP contribution is 2.31. The number of rotatable bonds is 4. The highest BCUT2D eigenvalue weighted by Gasteiger charge is 2.42. The van der Waals surface area contributed by atoms with Crippen LogP contribution in [0, 0.1) is 5.92 Å².